The molecular weight excluding hydrogens is 384 g/mol. The van der Waals surface area contributed by atoms with Gasteiger partial charge in [-0.05, 0) is 30.3 Å². The summed E-state index contributed by atoms with van der Waals surface area (Å²) in [6.45, 7) is 1.95. The number of carbonyl (C=O) groups excluding carboxylic acids is 1. The molecule has 3 aliphatic heterocycles. The summed E-state index contributed by atoms with van der Waals surface area (Å²) in [4.78, 5) is 14.5. The highest BCUT2D eigenvalue weighted by atomic mass is 19.1. The van der Waals surface area contributed by atoms with Crippen LogP contribution in [-0.2, 0) is 9.47 Å². The third kappa shape index (κ3) is 3.32. The van der Waals surface area contributed by atoms with Crippen LogP contribution >= 0.6 is 0 Å². The Balaban J connectivity index is 1.32. The summed E-state index contributed by atoms with van der Waals surface area (Å²) in [5, 5.41) is 0. The van der Waals surface area contributed by atoms with Crippen LogP contribution in [0.1, 0.15) is 35.1 Å². The largest absolute Gasteiger partial charge is 0.447 e. The zero-order valence-electron chi connectivity index (χ0n) is 15.5. The minimum atomic E-state index is -0.818. The first kappa shape index (κ1) is 18.3. The summed E-state index contributed by atoms with van der Waals surface area (Å²) in [5.41, 5.74) is 0.519. The lowest BCUT2D eigenvalue weighted by atomic mass is 10.0. The predicted molar refractivity (Wildman–Crippen MR) is 96.6 cm³/mol. The number of benzene rings is 2. The van der Waals surface area contributed by atoms with Crippen LogP contribution in [0.5, 0.6) is 11.5 Å². The van der Waals surface area contributed by atoms with Crippen molar-refractivity contribution in [2.75, 3.05) is 26.3 Å². The lowest BCUT2D eigenvalue weighted by molar-refractivity contribution is -0.181. The molecule has 0 aromatic heterocycles. The first-order valence-electron chi connectivity index (χ1n) is 9.53. The minimum Gasteiger partial charge on any atom is -0.447 e. The van der Waals surface area contributed by atoms with Crippen LogP contribution < -0.4 is 9.47 Å². The van der Waals surface area contributed by atoms with Gasteiger partial charge < -0.3 is 23.8 Å². The second-order valence-electron chi connectivity index (χ2n) is 7.30. The molecule has 1 amide bonds. The van der Waals surface area contributed by atoms with Gasteiger partial charge in [0.15, 0.2) is 17.3 Å². The van der Waals surface area contributed by atoms with E-state index in [-0.39, 0.29) is 22.9 Å². The van der Waals surface area contributed by atoms with E-state index in [0.29, 0.717) is 44.7 Å². The third-order valence-electron chi connectivity index (χ3n) is 5.50. The van der Waals surface area contributed by atoms with E-state index in [9.17, 15) is 13.6 Å². The van der Waals surface area contributed by atoms with Crippen LogP contribution in [0.4, 0.5) is 8.78 Å². The quantitative estimate of drug-likeness (QED) is 0.769. The second kappa shape index (κ2) is 6.96. The molecule has 0 bridgehead atoms. The van der Waals surface area contributed by atoms with Crippen LogP contribution in [0.3, 0.4) is 0 Å². The molecule has 3 aliphatic rings. The van der Waals surface area contributed by atoms with Crippen molar-refractivity contribution in [2.45, 2.75) is 24.9 Å². The average molecular weight is 403 g/mol. The van der Waals surface area contributed by atoms with Gasteiger partial charge in [-0.2, -0.15) is 0 Å². The second-order valence-corrected chi connectivity index (χ2v) is 7.30. The topological polar surface area (TPSA) is 57.2 Å². The molecule has 29 heavy (non-hydrogen) atoms. The first-order chi connectivity index (χ1) is 14.0. The molecule has 1 unspecified atom stereocenters. The molecule has 2 fully saturated rings. The fraction of sp³-hybridized carbons (Fsp3) is 0.381. The number of rotatable bonds is 2. The Morgan fingerprint density at radius 3 is 2.24 bits per heavy atom. The number of hydrogen-bond donors (Lipinski definition) is 0. The molecule has 6 nitrogen and oxygen atoms in total. The van der Waals surface area contributed by atoms with Gasteiger partial charge in [0, 0.05) is 37.6 Å². The smallest absolute Gasteiger partial charge is 0.267 e. The number of likely N-dealkylation sites (tertiary alicyclic amines) is 1. The monoisotopic (exact) mass is 403 g/mol. The van der Waals surface area contributed by atoms with E-state index in [2.05, 4.69) is 0 Å². The molecular formula is C21H19F2NO5. The van der Waals surface area contributed by atoms with E-state index >= 15 is 0 Å². The zero-order chi connectivity index (χ0) is 20.0. The van der Waals surface area contributed by atoms with Gasteiger partial charge in [-0.25, -0.2) is 8.78 Å². The van der Waals surface area contributed by atoms with Crippen molar-refractivity contribution in [3.63, 3.8) is 0 Å². The molecule has 1 atom stereocenters. The van der Waals surface area contributed by atoms with Crippen molar-refractivity contribution in [3.05, 3.63) is 59.2 Å². The van der Waals surface area contributed by atoms with E-state index in [4.69, 9.17) is 18.9 Å². The molecule has 0 radical (unpaired) electrons. The summed E-state index contributed by atoms with van der Waals surface area (Å²) < 4.78 is 50.4. The molecule has 2 aromatic rings. The van der Waals surface area contributed by atoms with Crippen LogP contribution in [-0.4, -0.2) is 42.9 Å². The summed E-state index contributed by atoms with van der Waals surface area (Å²) in [6.07, 6.45) is 0.289. The Bertz CT molecular complexity index is 933. The number of fused-ring (bicyclic) bond motifs is 1. The van der Waals surface area contributed by atoms with Gasteiger partial charge in [-0.3, -0.25) is 4.79 Å². The molecule has 3 heterocycles. The SMILES string of the molecule is O=C(c1cc2c(cc1F)OC(c1ccc(F)cc1)O2)N1CCC2(CC1)OCCO2. The molecule has 2 saturated heterocycles. The first-order valence-corrected chi connectivity index (χ1v) is 9.53. The van der Waals surface area contributed by atoms with Gasteiger partial charge in [0.25, 0.3) is 12.2 Å². The molecule has 0 N–H and O–H groups in total. The van der Waals surface area contributed by atoms with E-state index in [1.54, 1.807) is 4.90 Å². The Morgan fingerprint density at radius 1 is 0.966 bits per heavy atom. The normalized spacial score (nSPS) is 22.3. The maximum absolute atomic E-state index is 14.6. The van der Waals surface area contributed by atoms with E-state index in [1.807, 2.05) is 0 Å². The van der Waals surface area contributed by atoms with Crippen LogP contribution in [0.2, 0.25) is 0 Å². The van der Waals surface area contributed by atoms with Gasteiger partial charge in [0.2, 0.25) is 0 Å². The van der Waals surface area contributed by atoms with Crippen LogP contribution in [0, 0.1) is 11.6 Å². The van der Waals surface area contributed by atoms with Crippen molar-refractivity contribution >= 4 is 5.91 Å². The summed E-state index contributed by atoms with van der Waals surface area (Å²) in [6, 6.07) is 8.17. The number of ether oxygens (including phenoxy) is 4. The fourth-order valence-electron chi connectivity index (χ4n) is 3.90. The molecule has 0 aliphatic carbocycles. The molecule has 8 heteroatoms. The van der Waals surface area contributed by atoms with Gasteiger partial charge >= 0.3 is 0 Å². The Labute approximate surface area is 165 Å². The lowest BCUT2D eigenvalue weighted by Gasteiger charge is -2.37. The highest BCUT2D eigenvalue weighted by molar-refractivity contribution is 5.95. The van der Waals surface area contributed by atoms with Crippen molar-refractivity contribution < 1.29 is 32.5 Å². The summed E-state index contributed by atoms with van der Waals surface area (Å²) in [5.74, 6) is -1.58. The van der Waals surface area contributed by atoms with Crippen molar-refractivity contribution in [1.29, 1.82) is 0 Å². The Hall–Kier alpha value is -2.71. The van der Waals surface area contributed by atoms with E-state index in [1.165, 1.54) is 30.3 Å². The van der Waals surface area contributed by atoms with Gasteiger partial charge in [0.1, 0.15) is 11.6 Å². The standard InChI is InChI=1S/C21H19F2NO5/c22-14-3-1-13(2-4-14)20-28-17-11-15(16(23)12-18(17)29-20)19(25)24-7-5-21(6-8-24)26-9-10-27-21/h1-4,11-12,20H,5-10H2. The van der Waals surface area contributed by atoms with Gasteiger partial charge in [-0.1, -0.05) is 0 Å². The maximum atomic E-state index is 14.6. The van der Waals surface area contributed by atoms with Gasteiger partial charge in [-0.15, -0.1) is 0 Å². The lowest BCUT2D eigenvalue weighted by Crippen LogP contribution is -2.47. The van der Waals surface area contributed by atoms with E-state index < -0.39 is 23.8 Å². The average Bonchev–Trinajstić information content (AvgIpc) is 3.35. The molecule has 5 rings (SSSR count). The maximum Gasteiger partial charge on any atom is 0.267 e. The number of carbonyl (C=O) groups is 1. The Morgan fingerprint density at radius 2 is 1.59 bits per heavy atom. The minimum absolute atomic E-state index is 0.0729. The number of halogens is 2. The number of amides is 1. The highest BCUT2D eigenvalue weighted by Gasteiger charge is 2.41. The van der Waals surface area contributed by atoms with Crippen LogP contribution in [0.15, 0.2) is 36.4 Å². The van der Waals surface area contributed by atoms with Crippen molar-refractivity contribution in [3.8, 4) is 11.5 Å². The zero-order valence-corrected chi connectivity index (χ0v) is 15.5. The number of nitrogens with zero attached hydrogens (tertiary/aromatic N) is 1. The summed E-state index contributed by atoms with van der Waals surface area (Å²) in [7, 11) is 0. The van der Waals surface area contributed by atoms with Gasteiger partial charge in [0.05, 0.1) is 18.8 Å². The van der Waals surface area contributed by atoms with Crippen molar-refractivity contribution in [2.24, 2.45) is 0 Å². The summed E-state index contributed by atoms with van der Waals surface area (Å²) >= 11 is 0. The third-order valence-corrected chi connectivity index (χ3v) is 5.50. The molecule has 152 valence electrons. The number of hydrogen-bond acceptors (Lipinski definition) is 5. The van der Waals surface area contributed by atoms with Crippen LogP contribution in [0.25, 0.3) is 0 Å². The molecule has 2 aromatic carbocycles. The van der Waals surface area contributed by atoms with E-state index in [0.717, 1.165) is 6.07 Å². The molecule has 0 saturated carbocycles. The highest BCUT2D eigenvalue weighted by Crippen LogP contribution is 2.42. The molecule has 1 spiro atoms. The van der Waals surface area contributed by atoms with Crippen molar-refractivity contribution in [1.82, 2.24) is 4.90 Å². The Kier molecular flexibility index (Phi) is 4.40. The fourth-order valence-corrected chi connectivity index (χ4v) is 3.90. The predicted octanol–water partition coefficient (Wildman–Crippen LogP) is 3.41. The number of piperidine rings is 1.